The van der Waals surface area contributed by atoms with E-state index in [0.717, 1.165) is 5.56 Å². The number of hydrogen-bond acceptors (Lipinski definition) is 9. The Morgan fingerprint density at radius 2 is 2.11 bits per heavy atom. The molecule has 182 valence electrons. The third kappa shape index (κ3) is 5.96. The van der Waals surface area contributed by atoms with E-state index in [1.165, 1.54) is 4.90 Å². The molecular weight excluding hydrogens is 448 g/mol. The molecule has 0 saturated heterocycles. The highest BCUT2D eigenvalue weighted by molar-refractivity contribution is 6.11. The lowest BCUT2D eigenvalue weighted by atomic mass is 10.1. The molecule has 2 aliphatic rings. The number of nitrogens with one attached hydrogen (secondary N) is 1. The van der Waals surface area contributed by atoms with Crippen molar-refractivity contribution in [1.29, 1.82) is 0 Å². The first-order chi connectivity index (χ1) is 16.9. The van der Waals surface area contributed by atoms with Gasteiger partial charge in [-0.2, -0.15) is 0 Å². The number of terminal acetylenes is 1. The van der Waals surface area contributed by atoms with Crippen LogP contribution in [0.5, 0.6) is 0 Å². The summed E-state index contributed by atoms with van der Waals surface area (Å²) in [7, 11) is 3.40. The molecule has 0 aliphatic carbocycles. The highest BCUT2D eigenvalue weighted by Crippen LogP contribution is 2.22. The minimum Gasteiger partial charge on any atom is -0.485 e. The summed E-state index contributed by atoms with van der Waals surface area (Å²) in [5, 5.41) is 13.2. The van der Waals surface area contributed by atoms with E-state index in [-0.39, 0.29) is 49.0 Å². The largest absolute Gasteiger partial charge is 0.485 e. The lowest BCUT2D eigenvalue weighted by Gasteiger charge is -2.15. The number of rotatable bonds is 8. The van der Waals surface area contributed by atoms with Gasteiger partial charge in [-0.3, -0.25) is 9.79 Å². The van der Waals surface area contributed by atoms with Crippen molar-refractivity contribution in [1.82, 2.24) is 10.3 Å². The SMILES string of the molecule is C#C/C(OCCCO)=C(\C=C/C)C1=NNC(=C2N=C(c3ccc(C(=O)N(C)C)cc3)CN=C2N)O1. The first-order valence-corrected chi connectivity index (χ1v) is 10.9. The number of hydrazone groups is 1. The van der Waals surface area contributed by atoms with Crippen LogP contribution in [0.2, 0.25) is 0 Å². The van der Waals surface area contributed by atoms with Gasteiger partial charge in [0, 0.05) is 32.7 Å². The Bertz CT molecular complexity index is 1200. The molecule has 0 atom stereocenters. The third-order valence-corrected chi connectivity index (χ3v) is 4.92. The summed E-state index contributed by atoms with van der Waals surface area (Å²) < 4.78 is 11.5. The number of nitrogens with two attached hydrogens (primary N) is 1. The number of amides is 1. The third-order valence-electron chi connectivity index (χ3n) is 4.92. The van der Waals surface area contributed by atoms with Gasteiger partial charge >= 0.3 is 0 Å². The molecular formula is C25H28N6O4. The monoisotopic (exact) mass is 476 g/mol. The number of ether oxygens (including phenoxy) is 2. The molecule has 2 heterocycles. The first-order valence-electron chi connectivity index (χ1n) is 10.9. The van der Waals surface area contributed by atoms with Crippen LogP contribution in [-0.4, -0.2) is 67.2 Å². The molecule has 0 unspecified atom stereocenters. The van der Waals surface area contributed by atoms with Crippen LogP contribution < -0.4 is 11.2 Å². The minimum atomic E-state index is -0.0860. The van der Waals surface area contributed by atoms with Gasteiger partial charge in [-0.15, -0.1) is 11.5 Å². The second-order valence-electron chi connectivity index (χ2n) is 7.66. The molecule has 10 heteroatoms. The molecule has 0 fully saturated rings. The molecule has 0 aromatic heterocycles. The maximum Gasteiger partial charge on any atom is 0.253 e. The van der Waals surface area contributed by atoms with Crippen molar-refractivity contribution in [3.05, 3.63) is 70.5 Å². The number of hydrogen-bond donors (Lipinski definition) is 3. The lowest BCUT2D eigenvalue weighted by Crippen LogP contribution is -2.26. The summed E-state index contributed by atoms with van der Waals surface area (Å²) >= 11 is 0. The average molecular weight is 477 g/mol. The number of carbonyl (C=O) groups is 1. The van der Waals surface area contributed by atoms with Crippen molar-refractivity contribution in [2.24, 2.45) is 20.8 Å². The van der Waals surface area contributed by atoms with E-state index < -0.39 is 0 Å². The molecule has 2 aliphatic heterocycles. The Balaban J connectivity index is 1.88. The van der Waals surface area contributed by atoms with Crippen LogP contribution in [0.4, 0.5) is 0 Å². The molecule has 0 radical (unpaired) electrons. The smallest absolute Gasteiger partial charge is 0.253 e. The quantitative estimate of drug-likeness (QED) is 0.225. The Labute approximate surface area is 204 Å². The molecule has 1 amide bonds. The van der Waals surface area contributed by atoms with Gasteiger partial charge < -0.3 is 25.2 Å². The zero-order valence-electron chi connectivity index (χ0n) is 19.9. The summed E-state index contributed by atoms with van der Waals surface area (Å²) in [6.45, 7) is 2.34. The van der Waals surface area contributed by atoms with E-state index in [0.29, 0.717) is 29.0 Å². The van der Waals surface area contributed by atoms with E-state index in [1.54, 1.807) is 38.4 Å². The second kappa shape index (κ2) is 11.7. The number of carbonyl (C=O) groups excluding carboxylic acids is 1. The highest BCUT2D eigenvalue weighted by atomic mass is 16.5. The number of amidine groups is 1. The fourth-order valence-electron chi connectivity index (χ4n) is 3.16. The predicted molar refractivity (Wildman–Crippen MR) is 134 cm³/mol. The van der Waals surface area contributed by atoms with E-state index in [4.69, 9.17) is 26.7 Å². The summed E-state index contributed by atoms with van der Waals surface area (Å²) in [6.07, 6.45) is 9.55. The molecule has 0 spiro atoms. The number of aliphatic hydroxyl groups excluding tert-OH is 1. The molecule has 3 rings (SSSR count). The summed E-state index contributed by atoms with van der Waals surface area (Å²) in [5.74, 6) is 3.21. The number of aliphatic hydroxyl groups is 1. The van der Waals surface area contributed by atoms with Crippen LogP contribution in [0, 0.1) is 12.3 Å². The standard InChI is InChI=1S/C25H28N6O4/c1-5-8-18(20(6-2)34-14-7-13-32)23-29-30-24(35-23)21-22(26)27-15-19(28-21)16-9-11-17(12-10-16)25(33)31(3)4/h2,5,8-12,30,32H,7,13-15H2,1,3-4H3,(H2,26,27)/b8-5-,20-18-,24-21?. The van der Waals surface area contributed by atoms with Gasteiger partial charge in [-0.05, 0) is 36.6 Å². The van der Waals surface area contributed by atoms with Crippen molar-refractivity contribution >= 4 is 23.4 Å². The number of benzene rings is 1. The zero-order valence-corrected chi connectivity index (χ0v) is 19.9. The molecule has 0 saturated carbocycles. The molecule has 4 N–H and O–H groups in total. The normalized spacial score (nSPS) is 18.0. The van der Waals surface area contributed by atoms with Gasteiger partial charge in [0.25, 0.3) is 5.91 Å². The van der Waals surface area contributed by atoms with E-state index in [9.17, 15) is 4.79 Å². The van der Waals surface area contributed by atoms with Crippen LogP contribution in [0.25, 0.3) is 0 Å². The predicted octanol–water partition coefficient (Wildman–Crippen LogP) is 1.51. The van der Waals surface area contributed by atoms with Crippen LogP contribution >= 0.6 is 0 Å². The second-order valence-corrected chi connectivity index (χ2v) is 7.66. The van der Waals surface area contributed by atoms with E-state index in [2.05, 4.69) is 26.4 Å². The van der Waals surface area contributed by atoms with Crippen LogP contribution in [-0.2, 0) is 9.47 Å². The van der Waals surface area contributed by atoms with Gasteiger partial charge in [-0.1, -0.05) is 18.2 Å². The van der Waals surface area contributed by atoms with Crippen molar-refractivity contribution in [3.8, 4) is 12.3 Å². The fraction of sp³-hybridized carbons (Fsp3) is 0.280. The Morgan fingerprint density at radius 3 is 2.74 bits per heavy atom. The van der Waals surface area contributed by atoms with Gasteiger partial charge in [0.1, 0.15) is 0 Å². The minimum absolute atomic E-state index is 0.0142. The number of aliphatic imine (C=N–C) groups is 2. The molecule has 1 aromatic carbocycles. The average Bonchev–Trinajstić information content (AvgIpc) is 3.35. The molecule has 0 bridgehead atoms. The molecule has 1 aromatic rings. The maximum atomic E-state index is 12.1. The van der Waals surface area contributed by atoms with E-state index in [1.807, 2.05) is 19.1 Å². The summed E-state index contributed by atoms with van der Waals surface area (Å²) in [6, 6.07) is 7.12. The van der Waals surface area contributed by atoms with Crippen LogP contribution in [0.1, 0.15) is 29.3 Å². The zero-order chi connectivity index (χ0) is 25.4. The van der Waals surface area contributed by atoms with Crippen molar-refractivity contribution < 1.29 is 19.4 Å². The van der Waals surface area contributed by atoms with Gasteiger partial charge in [-0.25, -0.2) is 10.4 Å². The number of nitrogens with zero attached hydrogens (tertiary/aromatic N) is 4. The highest BCUT2D eigenvalue weighted by Gasteiger charge is 2.26. The summed E-state index contributed by atoms with van der Waals surface area (Å²) in [5.41, 5.74) is 11.7. The van der Waals surface area contributed by atoms with Gasteiger partial charge in [0.05, 0.1) is 24.4 Å². The lowest BCUT2D eigenvalue weighted by molar-refractivity contribution is 0.0827. The topological polar surface area (TPSA) is 134 Å². The maximum absolute atomic E-state index is 12.1. The Hall–Kier alpha value is -4.36. The van der Waals surface area contributed by atoms with Crippen LogP contribution in [0.15, 0.2) is 74.4 Å². The summed E-state index contributed by atoms with van der Waals surface area (Å²) in [4.78, 5) is 22.7. The first kappa shape index (κ1) is 25.3. The van der Waals surface area contributed by atoms with Crippen molar-refractivity contribution in [2.45, 2.75) is 13.3 Å². The van der Waals surface area contributed by atoms with Gasteiger partial charge in [0.15, 0.2) is 17.3 Å². The van der Waals surface area contributed by atoms with Crippen molar-refractivity contribution in [2.75, 3.05) is 33.9 Å². The molecule has 35 heavy (non-hydrogen) atoms. The van der Waals surface area contributed by atoms with Gasteiger partial charge in [0.2, 0.25) is 11.8 Å². The van der Waals surface area contributed by atoms with E-state index >= 15 is 0 Å². The molecule has 10 nitrogen and oxygen atoms in total. The van der Waals surface area contributed by atoms with Crippen molar-refractivity contribution in [3.63, 3.8) is 0 Å². The Morgan fingerprint density at radius 1 is 1.37 bits per heavy atom. The fourth-order valence-corrected chi connectivity index (χ4v) is 3.16. The Kier molecular flexibility index (Phi) is 8.43. The number of allylic oxidation sites excluding steroid dienone is 2. The van der Waals surface area contributed by atoms with Crippen LogP contribution in [0.3, 0.4) is 0 Å².